The van der Waals surface area contributed by atoms with Gasteiger partial charge < -0.3 is 14.4 Å². The number of sulfonamides is 1. The number of benzene rings is 3. The van der Waals surface area contributed by atoms with Crippen molar-refractivity contribution in [3.05, 3.63) is 78.4 Å². The highest BCUT2D eigenvalue weighted by molar-refractivity contribution is 7.92. The highest BCUT2D eigenvalue weighted by atomic mass is 32.2. The van der Waals surface area contributed by atoms with Gasteiger partial charge in [0.05, 0.1) is 23.2 Å². The smallest absolute Gasteiger partial charge is 0.295 e. The van der Waals surface area contributed by atoms with E-state index in [1.54, 1.807) is 41.0 Å². The number of para-hydroxylation sites is 3. The first-order valence-corrected chi connectivity index (χ1v) is 12.2. The van der Waals surface area contributed by atoms with Crippen molar-refractivity contribution in [1.82, 2.24) is 4.57 Å². The summed E-state index contributed by atoms with van der Waals surface area (Å²) in [6, 6.07) is 19.3. The van der Waals surface area contributed by atoms with Crippen molar-refractivity contribution < 1.29 is 23.1 Å². The van der Waals surface area contributed by atoms with Gasteiger partial charge in [0.1, 0.15) is 5.75 Å². The Morgan fingerprint density at radius 2 is 1.74 bits per heavy atom. The molecular weight excluding hydrogens is 468 g/mol. The second-order valence-electron chi connectivity index (χ2n) is 7.99. The summed E-state index contributed by atoms with van der Waals surface area (Å²) in [4.78, 5) is 12.6. The maximum Gasteiger partial charge on any atom is 0.295 e. The van der Waals surface area contributed by atoms with Crippen molar-refractivity contribution in [3.63, 3.8) is 0 Å². The van der Waals surface area contributed by atoms with Crippen molar-refractivity contribution in [3.8, 4) is 11.6 Å². The monoisotopic (exact) mass is 492 g/mol. The lowest BCUT2D eigenvalue weighted by Gasteiger charge is -2.11. The second kappa shape index (κ2) is 9.59. The molecule has 4 rings (SSSR count). The Bertz CT molecular complexity index is 1540. The summed E-state index contributed by atoms with van der Waals surface area (Å²) in [5.41, 5.74) is 1.23. The summed E-state index contributed by atoms with van der Waals surface area (Å²) in [5, 5.41) is 19.1. The standard InChI is InChI=1S/C25H24N4O5S/c1-16(2)29-21-13-6-4-11-19(21)23(25(29)31)26-27-24(30)17-9-8-10-18(15-17)35(32,33)28-20-12-5-7-14-22(20)34-3/h4-16,28,31H,1-3H3. The molecule has 0 aliphatic heterocycles. The molecule has 2 N–H and O–H groups in total. The van der Waals surface area contributed by atoms with Gasteiger partial charge in [-0.15, -0.1) is 10.2 Å². The van der Waals surface area contributed by atoms with Crippen molar-refractivity contribution >= 4 is 38.2 Å². The third-order valence-electron chi connectivity index (χ3n) is 5.36. The van der Waals surface area contributed by atoms with E-state index in [9.17, 15) is 18.3 Å². The molecule has 0 atom stereocenters. The zero-order chi connectivity index (χ0) is 25.2. The van der Waals surface area contributed by atoms with Gasteiger partial charge >= 0.3 is 0 Å². The Hall–Kier alpha value is -4.18. The summed E-state index contributed by atoms with van der Waals surface area (Å²) in [7, 11) is -2.57. The SMILES string of the molecule is COc1ccccc1NS(=O)(=O)c1cccc(C(=O)N=Nc2c(O)n(C(C)C)c3ccccc23)c1. The largest absolute Gasteiger partial charge is 0.495 e. The molecule has 10 heteroatoms. The second-order valence-corrected chi connectivity index (χ2v) is 9.67. The van der Waals surface area contributed by atoms with Gasteiger partial charge in [-0.25, -0.2) is 8.42 Å². The zero-order valence-corrected chi connectivity index (χ0v) is 20.2. The molecule has 1 amide bonds. The number of methoxy groups -OCH3 is 1. The van der Waals surface area contributed by atoms with E-state index in [-0.39, 0.29) is 33.8 Å². The summed E-state index contributed by atoms with van der Waals surface area (Å²) >= 11 is 0. The Labute approximate surface area is 202 Å². The molecule has 0 unspecified atom stereocenters. The quantitative estimate of drug-likeness (QED) is 0.322. The normalized spacial score (nSPS) is 11.9. The Morgan fingerprint density at radius 3 is 2.49 bits per heavy atom. The molecule has 9 nitrogen and oxygen atoms in total. The molecule has 0 saturated heterocycles. The number of aromatic nitrogens is 1. The van der Waals surface area contributed by atoms with Crippen molar-refractivity contribution in [2.45, 2.75) is 24.8 Å². The fraction of sp³-hybridized carbons (Fsp3) is 0.160. The van der Waals surface area contributed by atoms with Crippen LogP contribution in [0.4, 0.5) is 11.4 Å². The Balaban J connectivity index is 1.64. The lowest BCUT2D eigenvalue weighted by Crippen LogP contribution is -2.14. The summed E-state index contributed by atoms with van der Waals surface area (Å²) in [6.45, 7) is 3.84. The number of carbonyl (C=O) groups excluding carboxylic acids is 1. The van der Waals surface area contributed by atoms with Crippen LogP contribution in [0, 0.1) is 0 Å². The number of nitrogens with one attached hydrogen (secondary N) is 1. The molecule has 4 aromatic rings. The highest BCUT2D eigenvalue weighted by Gasteiger charge is 2.20. The van der Waals surface area contributed by atoms with Gasteiger partial charge in [-0.2, -0.15) is 0 Å². The van der Waals surface area contributed by atoms with E-state index in [2.05, 4.69) is 15.0 Å². The molecule has 0 fully saturated rings. The van der Waals surface area contributed by atoms with Gasteiger partial charge in [0, 0.05) is 17.0 Å². The molecule has 0 saturated carbocycles. The van der Waals surface area contributed by atoms with E-state index >= 15 is 0 Å². The Kier molecular flexibility index (Phi) is 6.57. The van der Waals surface area contributed by atoms with Gasteiger partial charge in [-0.05, 0) is 50.2 Å². The van der Waals surface area contributed by atoms with Crippen LogP contribution >= 0.6 is 0 Å². The van der Waals surface area contributed by atoms with E-state index in [4.69, 9.17) is 4.74 Å². The molecule has 35 heavy (non-hydrogen) atoms. The number of azo groups is 1. The molecule has 0 aliphatic rings. The lowest BCUT2D eigenvalue weighted by atomic mass is 10.2. The third kappa shape index (κ3) is 4.73. The minimum absolute atomic E-state index is 0.0312. The van der Waals surface area contributed by atoms with E-state index in [0.29, 0.717) is 11.1 Å². The average Bonchev–Trinajstić information content (AvgIpc) is 3.14. The predicted octanol–water partition coefficient (Wildman–Crippen LogP) is 5.66. The van der Waals surface area contributed by atoms with Crippen molar-refractivity contribution in [2.75, 3.05) is 11.8 Å². The number of amides is 1. The van der Waals surface area contributed by atoms with Gasteiger partial charge in [0.25, 0.3) is 15.9 Å². The highest BCUT2D eigenvalue weighted by Crippen LogP contribution is 2.40. The molecule has 1 heterocycles. The van der Waals surface area contributed by atoms with Crippen LogP contribution in [-0.4, -0.2) is 31.1 Å². The number of anilines is 1. The van der Waals surface area contributed by atoms with Crippen LogP contribution in [-0.2, 0) is 10.0 Å². The molecule has 0 radical (unpaired) electrons. The fourth-order valence-corrected chi connectivity index (χ4v) is 4.85. The van der Waals surface area contributed by atoms with Crippen LogP contribution in [0.1, 0.15) is 30.2 Å². The van der Waals surface area contributed by atoms with Gasteiger partial charge in [-0.3, -0.25) is 9.52 Å². The molecule has 0 aliphatic carbocycles. The van der Waals surface area contributed by atoms with E-state index < -0.39 is 15.9 Å². The zero-order valence-electron chi connectivity index (χ0n) is 19.3. The fourth-order valence-electron chi connectivity index (χ4n) is 3.74. The number of ether oxygens (including phenoxy) is 1. The summed E-state index contributed by atoms with van der Waals surface area (Å²) in [6.07, 6.45) is 0. The number of nitrogens with zero attached hydrogens (tertiary/aromatic N) is 3. The number of hydrogen-bond acceptors (Lipinski definition) is 6. The first-order valence-electron chi connectivity index (χ1n) is 10.8. The Morgan fingerprint density at radius 1 is 1.03 bits per heavy atom. The van der Waals surface area contributed by atoms with Crippen LogP contribution < -0.4 is 9.46 Å². The predicted molar refractivity (Wildman–Crippen MR) is 133 cm³/mol. The minimum Gasteiger partial charge on any atom is -0.495 e. The summed E-state index contributed by atoms with van der Waals surface area (Å²) < 4.78 is 35.2. The van der Waals surface area contributed by atoms with Crippen molar-refractivity contribution in [1.29, 1.82) is 0 Å². The van der Waals surface area contributed by atoms with Crippen LogP contribution in [0.25, 0.3) is 10.9 Å². The minimum atomic E-state index is -4.01. The molecule has 180 valence electrons. The van der Waals surface area contributed by atoms with Crippen LogP contribution in [0.3, 0.4) is 0 Å². The first-order chi connectivity index (χ1) is 16.7. The maximum absolute atomic E-state index is 12.9. The maximum atomic E-state index is 12.9. The van der Waals surface area contributed by atoms with Crippen LogP contribution in [0.5, 0.6) is 11.6 Å². The van der Waals surface area contributed by atoms with E-state index in [1.807, 2.05) is 26.0 Å². The molecular formula is C25H24N4O5S. The van der Waals surface area contributed by atoms with Gasteiger partial charge in [0.15, 0.2) is 5.69 Å². The van der Waals surface area contributed by atoms with Gasteiger partial charge in [-0.1, -0.05) is 36.4 Å². The first kappa shape index (κ1) is 24.0. The van der Waals surface area contributed by atoms with Crippen molar-refractivity contribution in [2.24, 2.45) is 10.2 Å². The topological polar surface area (TPSA) is 122 Å². The number of hydrogen-bond donors (Lipinski definition) is 2. The number of rotatable bonds is 7. The molecule has 0 bridgehead atoms. The van der Waals surface area contributed by atoms with Gasteiger partial charge in [0.2, 0.25) is 5.88 Å². The molecule has 1 aromatic heterocycles. The number of fused-ring (bicyclic) bond motifs is 1. The van der Waals surface area contributed by atoms with Crippen LogP contribution in [0.15, 0.2) is 87.9 Å². The number of carbonyl (C=O) groups is 1. The molecule has 0 spiro atoms. The number of aromatic hydroxyl groups is 1. The average molecular weight is 493 g/mol. The summed E-state index contributed by atoms with van der Waals surface area (Å²) in [5.74, 6) is -0.493. The lowest BCUT2D eigenvalue weighted by molar-refractivity contribution is 0.0995. The molecule has 3 aromatic carbocycles. The van der Waals surface area contributed by atoms with Crippen LogP contribution in [0.2, 0.25) is 0 Å². The third-order valence-corrected chi connectivity index (χ3v) is 6.72. The van der Waals surface area contributed by atoms with E-state index in [1.165, 1.54) is 31.4 Å². The van der Waals surface area contributed by atoms with E-state index in [0.717, 1.165) is 5.52 Å².